The molecule has 0 heterocycles. The van der Waals surface area contributed by atoms with Gasteiger partial charge in [0.25, 0.3) is 0 Å². The van der Waals surface area contributed by atoms with Crippen molar-refractivity contribution in [1.82, 2.24) is 0 Å². The number of hydrogen-bond donors (Lipinski definition) is 4. The zero-order valence-electron chi connectivity index (χ0n) is 18.5. The van der Waals surface area contributed by atoms with Gasteiger partial charge in [0.05, 0.1) is 0 Å². The Hall–Kier alpha value is 6.32. The van der Waals surface area contributed by atoms with Crippen LogP contribution in [0.3, 0.4) is 0 Å². The summed E-state index contributed by atoms with van der Waals surface area (Å²) in [5, 5.41) is 0. The van der Waals surface area contributed by atoms with Gasteiger partial charge < -0.3 is 11.4 Å². The van der Waals surface area contributed by atoms with Crippen molar-refractivity contribution < 1.29 is 187 Å². The van der Waals surface area contributed by atoms with Crippen LogP contribution in [0, 0.1) is 0 Å². The van der Waals surface area contributed by atoms with Crippen LogP contribution in [0.25, 0.3) is 0 Å². The van der Waals surface area contributed by atoms with Crippen LogP contribution in [0.15, 0.2) is 0 Å². The molecule has 0 radical (unpaired) electrons. The first kappa shape index (κ1) is 64.5. The van der Waals surface area contributed by atoms with Gasteiger partial charge in [-0.3, -0.25) is 18.2 Å². The summed E-state index contributed by atoms with van der Waals surface area (Å²) in [6, 6.07) is 0. The van der Waals surface area contributed by atoms with Gasteiger partial charge in [0.1, 0.15) is 0 Å². The van der Waals surface area contributed by atoms with E-state index in [0.717, 1.165) is 0 Å². The Balaban J connectivity index is -0.00000000190. The minimum atomic E-state index is -4.67. The quantitative estimate of drug-likeness (QED) is 0.224. The third kappa shape index (κ3) is 254. The van der Waals surface area contributed by atoms with Crippen LogP contribution in [0.5, 0.6) is 0 Å². The normalized spacial score (nSPS) is 6.44. The molecule has 96 valence electrons. The van der Waals surface area contributed by atoms with Crippen LogP contribution in [-0.4, -0.2) is 81.2 Å². The van der Waals surface area contributed by atoms with Crippen molar-refractivity contribution in [1.29, 1.82) is 0 Å². The molecule has 0 aliphatic heterocycles. The Labute approximate surface area is 272 Å². The van der Waals surface area contributed by atoms with Crippen molar-refractivity contribution in [3.05, 3.63) is 0 Å². The second-order valence-corrected chi connectivity index (χ2v) is 2.69. The van der Waals surface area contributed by atoms with E-state index in [2.05, 4.69) is 0 Å². The van der Waals surface area contributed by atoms with E-state index >= 15 is 0 Å². The maximum Gasteiger partial charge on any atom is 2.00 e. The molecule has 4 N–H and O–H groups in total. The molecule has 0 bridgehead atoms. The van der Waals surface area contributed by atoms with Crippen LogP contribution in [-0.2, 0) is 20.8 Å². The SMILES string of the molecule is Cl.Cl.O=S(=O)(O)O.O=S(=O)(O)O.[H-].[H-].[H-].[H-].[H-].[H-].[H-].[H-].[K+].[K+].[Li+].[Li+].[Mg+2].[Mg+2]. The third-order valence-electron chi connectivity index (χ3n) is 0. The second-order valence-electron chi connectivity index (χ2n) is 0.896. The van der Waals surface area contributed by atoms with Crippen molar-refractivity contribution >= 4 is 91.7 Å². The molecule has 0 saturated heterocycles. The van der Waals surface area contributed by atoms with E-state index in [1.165, 1.54) is 0 Å². The molecule has 0 aromatic heterocycles. The Morgan fingerprint density at radius 1 is 0.611 bits per heavy atom. The van der Waals surface area contributed by atoms with Gasteiger partial charge >= 0.3 is 207 Å². The number of rotatable bonds is 0. The maximum absolute atomic E-state index is 8.74. The molecule has 0 aromatic carbocycles. The van der Waals surface area contributed by atoms with E-state index in [1.54, 1.807) is 0 Å². The molecule has 18 heteroatoms. The van der Waals surface area contributed by atoms with E-state index in [-0.39, 0.29) is 223 Å². The van der Waals surface area contributed by atoms with Crippen LogP contribution < -0.4 is 140 Å². The molecule has 0 rings (SSSR count). The predicted molar refractivity (Wildman–Crippen MR) is 63.3 cm³/mol. The van der Waals surface area contributed by atoms with Crippen molar-refractivity contribution in [2.75, 3.05) is 0 Å². The summed E-state index contributed by atoms with van der Waals surface area (Å²) in [5.74, 6) is 0. The van der Waals surface area contributed by atoms with E-state index < -0.39 is 20.8 Å². The van der Waals surface area contributed by atoms with Gasteiger partial charge in [-0.15, -0.1) is 24.8 Å². The van der Waals surface area contributed by atoms with Gasteiger partial charge in [-0.25, -0.2) is 0 Å². The van der Waals surface area contributed by atoms with Gasteiger partial charge in [-0.1, -0.05) is 0 Å². The number of hydrogen-bond acceptors (Lipinski definition) is 4. The Morgan fingerprint density at radius 3 is 0.611 bits per heavy atom. The average molecular weight is 418 g/mol. The molecule has 0 aliphatic rings. The minimum absolute atomic E-state index is 0. The number of halogens is 2. The van der Waals surface area contributed by atoms with Crippen LogP contribution >= 0.6 is 24.8 Å². The standard InChI is InChI=1S/2ClH.2K.2Li.2Mg.2H2O4S.8H/c;;;;;;;;2*1-5(2,3)4;;;;;;;;/h2*1H;;;;;;;2*(H2,1,2,3,4);;;;;;;;/q;;4*+1;2*+2;;;8*-1. The fourth-order valence-corrected chi connectivity index (χ4v) is 0. The molecule has 0 aromatic rings. The van der Waals surface area contributed by atoms with Gasteiger partial charge in [0.15, 0.2) is 0 Å². The first-order chi connectivity index (χ1) is 4.00. The Kier molecular flexibility index (Phi) is 124. The average Bonchev–Trinajstić information content (AvgIpc) is 1.12. The van der Waals surface area contributed by atoms with E-state index in [4.69, 9.17) is 35.0 Å². The summed E-state index contributed by atoms with van der Waals surface area (Å²) in [6.45, 7) is 0. The molecular weight excluding hydrogens is 404 g/mol. The van der Waals surface area contributed by atoms with E-state index in [1.807, 2.05) is 0 Å². The summed E-state index contributed by atoms with van der Waals surface area (Å²) in [7, 11) is -9.33. The maximum atomic E-state index is 8.74. The van der Waals surface area contributed by atoms with E-state index in [9.17, 15) is 0 Å². The van der Waals surface area contributed by atoms with Gasteiger partial charge in [-0.05, 0) is 0 Å². The summed E-state index contributed by atoms with van der Waals surface area (Å²) >= 11 is 0. The zero-order chi connectivity index (χ0) is 9.00. The first-order valence-electron chi connectivity index (χ1n) is 1.40. The largest absolute Gasteiger partial charge is 2.00 e. The van der Waals surface area contributed by atoms with Crippen molar-refractivity contribution in [3.8, 4) is 0 Å². The molecule has 0 saturated carbocycles. The van der Waals surface area contributed by atoms with Crippen LogP contribution in [0.2, 0.25) is 0 Å². The summed E-state index contributed by atoms with van der Waals surface area (Å²) in [4.78, 5) is 0. The third-order valence-corrected chi connectivity index (χ3v) is 0. The summed E-state index contributed by atoms with van der Waals surface area (Å²) in [6.07, 6.45) is 0. The second kappa shape index (κ2) is 34.6. The Bertz CT molecular complexity index is 261. The topological polar surface area (TPSA) is 149 Å². The van der Waals surface area contributed by atoms with Gasteiger partial charge in [0.2, 0.25) is 0 Å². The molecule has 0 spiro atoms. The molecule has 0 fully saturated rings. The zero-order valence-corrected chi connectivity index (χ0v) is 22.8. The monoisotopic (exact) mass is 416 g/mol. The van der Waals surface area contributed by atoms with E-state index in [0.29, 0.717) is 0 Å². The van der Waals surface area contributed by atoms with Crippen LogP contribution in [0.4, 0.5) is 0 Å². The fourth-order valence-electron chi connectivity index (χ4n) is 0. The molecule has 0 atom stereocenters. The molecule has 0 aliphatic carbocycles. The molecule has 8 nitrogen and oxygen atoms in total. The van der Waals surface area contributed by atoms with Gasteiger partial charge in [0, 0.05) is 0 Å². The van der Waals surface area contributed by atoms with Crippen molar-refractivity contribution in [2.45, 2.75) is 0 Å². The van der Waals surface area contributed by atoms with Crippen molar-refractivity contribution in [3.63, 3.8) is 0 Å². The minimum Gasteiger partial charge on any atom is -1.00 e. The van der Waals surface area contributed by atoms with Crippen LogP contribution in [0.1, 0.15) is 11.4 Å². The summed E-state index contributed by atoms with van der Waals surface area (Å²) < 4.78 is 63.2. The molecular formula is H14Cl2K2Li2Mg2O8S2. The smallest absolute Gasteiger partial charge is 1.00 e. The molecule has 0 unspecified atom stereocenters. The fraction of sp³-hybridized carbons (Fsp3) is 0. The first-order valence-corrected chi connectivity index (χ1v) is 4.19. The summed E-state index contributed by atoms with van der Waals surface area (Å²) in [5.41, 5.74) is 0. The molecule has 0 amide bonds. The van der Waals surface area contributed by atoms with Gasteiger partial charge in [-0.2, -0.15) is 16.8 Å². The Morgan fingerprint density at radius 2 is 0.611 bits per heavy atom. The predicted octanol–water partition coefficient (Wildman–Crippen LogP) is -12.3. The molecule has 18 heavy (non-hydrogen) atoms. The van der Waals surface area contributed by atoms with Crippen molar-refractivity contribution in [2.24, 2.45) is 0 Å².